The number of aromatic nitrogens is 2. The highest BCUT2D eigenvalue weighted by atomic mass is 35.5. The van der Waals surface area contributed by atoms with Gasteiger partial charge in [0.2, 0.25) is 11.7 Å². The second kappa shape index (κ2) is 6.16. The lowest BCUT2D eigenvalue weighted by Gasteiger charge is -2.07. The fourth-order valence-corrected chi connectivity index (χ4v) is 1.71. The van der Waals surface area contributed by atoms with Gasteiger partial charge in [0.25, 0.3) is 0 Å². The van der Waals surface area contributed by atoms with Crippen molar-refractivity contribution >= 4 is 23.1 Å². The number of ether oxygens (including phenoxy) is 1. The molecule has 2 aromatic heterocycles. The molecule has 7 nitrogen and oxygen atoms in total. The van der Waals surface area contributed by atoms with Crippen LogP contribution in [0.5, 0.6) is 5.88 Å². The van der Waals surface area contributed by atoms with E-state index >= 15 is 0 Å². The Morgan fingerprint density at radius 2 is 2.25 bits per heavy atom. The van der Waals surface area contributed by atoms with E-state index in [-0.39, 0.29) is 16.7 Å². The standard InChI is InChI=1S/C12H11ClN4O3/c1-20-11-6-8(4-5-14-11)7-15-12-9(17(18)19)2-3-10(13)16-12/h2-6H,7H2,1H3,(H,15,16). The van der Waals surface area contributed by atoms with Gasteiger partial charge in [0.1, 0.15) is 5.15 Å². The van der Waals surface area contributed by atoms with Crippen LogP contribution in [0, 0.1) is 10.1 Å². The number of nitro groups is 1. The first-order valence-electron chi connectivity index (χ1n) is 5.64. The maximum Gasteiger partial charge on any atom is 0.311 e. The Hall–Kier alpha value is -2.41. The molecule has 0 aliphatic heterocycles. The van der Waals surface area contributed by atoms with Gasteiger partial charge in [0.05, 0.1) is 12.0 Å². The molecule has 0 aliphatic rings. The molecule has 0 saturated heterocycles. The van der Waals surface area contributed by atoms with Crippen molar-refractivity contribution in [2.75, 3.05) is 12.4 Å². The number of methoxy groups -OCH3 is 1. The molecule has 2 aromatic rings. The van der Waals surface area contributed by atoms with Gasteiger partial charge in [0, 0.05) is 24.9 Å². The number of hydrogen-bond acceptors (Lipinski definition) is 6. The smallest absolute Gasteiger partial charge is 0.311 e. The third-order valence-corrected chi connectivity index (χ3v) is 2.72. The van der Waals surface area contributed by atoms with Crippen molar-refractivity contribution in [3.8, 4) is 5.88 Å². The minimum Gasteiger partial charge on any atom is -0.481 e. The molecule has 104 valence electrons. The van der Waals surface area contributed by atoms with E-state index in [0.29, 0.717) is 12.4 Å². The van der Waals surface area contributed by atoms with E-state index in [0.717, 1.165) is 5.56 Å². The highest BCUT2D eigenvalue weighted by Crippen LogP contribution is 2.24. The third-order valence-electron chi connectivity index (χ3n) is 2.51. The zero-order valence-electron chi connectivity index (χ0n) is 10.5. The van der Waals surface area contributed by atoms with E-state index in [1.807, 2.05) is 0 Å². The number of rotatable bonds is 5. The number of pyridine rings is 2. The summed E-state index contributed by atoms with van der Waals surface area (Å²) in [6.07, 6.45) is 1.59. The minimum absolute atomic E-state index is 0.123. The van der Waals surface area contributed by atoms with Gasteiger partial charge in [-0.15, -0.1) is 0 Å². The van der Waals surface area contributed by atoms with Crippen LogP contribution in [0.1, 0.15) is 5.56 Å². The fourth-order valence-electron chi connectivity index (χ4n) is 1.56. The normalized spacial score (nSPS) is 10.1. The molecular weight excluding hydrogens is 284 g/mol. The second-order valence-corrected chi connectivity index (χ2v) is 4.21. The van der Waals surface area contributed by atoms with E-state index in [1.54, 1.807) is 18.3 Å². The Bertz CT molecular complexity index is 636. The highest BCUT2D eigenvalue weighted by Gasteiger charge is 2.15. The quantitative estimate of drug-likeness (QED) is 0.518. The average molecular weight is 295 g/mol. The molecule has 0 bridgehead atoms. The lowest BCUT2D eigenvalue weighted by Crippen LogP contribution is -2.05. The van der Waals surface area contributed by atoms with Crippen LogP contribution in [0.2, 0.25) is 5.15 Å². The Morgan fingerprint density at radius 1 is 1.45 bits per heavy atom. The maximum atomic E-state index is 10.9. The van der Waals surface area contributed by atoms with Crippen LogP contribution in [0.15, 0.2) is 30.5 Å². The minimum atomic E-state index is -0.515. The van der Waals surface area contributed by atoms with E-state index in [2.05, 4.69) is 15.3 Å². The number of halogens is 1. The summed E-state index contributed by atoms with van der Waals surface area (Å²) in [5, 5.41) is 14.0. The van der Waals surface area contributed by atoms with Crippen LogP contribution < -0.4 is 10.1 Å². The molecule has 0 radical (unpaired) electrons. The van der Waals surface area contributed by atoms with E-state index in [4.69, 9.17) is 16.3 Å². The topological polar surface area (TPSA) is 90.2 Å². The van der Waals surface area contributed by atoms with Gasteiger partial charge in [-0.05, 0) is 17.7 Å². The molecule has 0 atom stereocenters. The van der Waals surface area contributed by atoms with Crippen molar-refractivity contribution in [2.45, 2.75) is 6.54 Å². The predicted octanol–water partition coefficient (Wildman–Crippen LogP) is 2.66. The van der Waals surface area contributed by atoms with Crippen LogP contribution in [0.25, 0.3) is 0 Å². The molecule has 0 aromatic carbocycles. The molecule has 0 aliphatic carbocycles. The summed E-state index contributed by atoms with van der Waals surface area (Å²) in [6.45, 7) is 0.340. The zero-order chi connectivity index (χ0) is 14.5. The van der Waals surface area contributed by atoms with Crippen LogP contribution in [0.4, 0.5) is 11.5 Å². The van der Waals surface area contributed by atoms with Crippen LogP contribution in [-0.4, -0.2) is 22.0 Å². The molecule has 20 heavy (non-hydrogen) atoms. The van der Waals surface area contributed by atoms with Gasteiger partial charge in [-0.3, -0.25) is 10.1 Å². The summed E-state index contributed by atoms with van der Waals surface area (Å²) < 4.78 is 5.00. The fraction of sp³-hybridized carbons (Fsp3) is 0.167. The Kier molecular flexibility index (Phi) is 4.31. The molecule has 2 rings (SSSR count). The molecule has 1 N–H and O–H groups in total. The van der Waals surface area contributed by atoms with Gasteiger partial charge in [-0.1, -0.05) is 11.6 Å². The van der Waals surface area contributed by atoms with Crippen molar-refractivity contribution in [3.63, 3.8) is 0 Å². The monoisotopic (exact) mass is 294 g/mol. The Morgan fingerprint density at radius 3 is 2.95 bits per heavy atom. The van der Waals surface area contributed by atoms with Gasteiger partial charge in [0.15, 0.2) is 0 Å². The summed E-state index contributed by atoms with van der Waals surface area (Å²) in [4.78, 5) is 18.3. The first-order valence-corrected chi connectivity index (χ1v) is 6.01. The lowest BCUT2D eigenvalue weighted by atomic mass is 10.2. The van der Waals surface area contributed by atoms with Crippen molar-refractivity contribution in [1.82, 2.24) is 9.97 Å². The maximum absolute atomic E-state index is 10.9. The Balaban J connectivity index is 2.17. The molecule has 0 saturated carbocycles. The summed E-state index contributed by atoms with van der Waals surface area (Å²) in [7, 11) is 1.52. The number of nitrogens with one attached hydrogen (secondary N) is 1. The van der Waals surface area contributed by atoms with Gasteiger partial charge in [-0.2, -0.15) is 0 Å². The highest BCUT2D eigenvalue weighted by molar-refractivity contribution is 6.29. The predicted molar refractivity (Wildman–Crippen MR) is 74.0 cm³/mol. The molecular formula is C12H11ClN4O3. The molecule has 2 heterocycles. The molecule has 0 amide bonds. The van der Waals surface area contributed by atoms with Crippen LogP contribution in [-0.2, 0) is 6.54 Å². The summed E-state index contributed by atoms with van der Waals surface area (Å²) in [5.41, 5.74) is 0.725. The van der Waals surface area contributed by atoms with Crippen molar-refractivity contribution < 1.29 is 9.66 Å². The molecule has 0 spiro atoms. The molecule has 0 unspecified atom stereocenters. The van der Waals surface area contributed by atoms with Crippen molar-refractivity contribution in [3.05, 3.63) is 51.3 Å². The first kappa shape index (κ1) is 14.0. The van der Waals surface area contributed by atoms with Crippen molar-refractivity contribution in [1.29, 1.82) is 0 Å². The largest absolute Gasteiger partial charge is 0.481 e. The molecule has 0 fully saturated rings. The van der Waals surface area contributed by atoms with Crippen LogP contribution >= 0.6 is 11.6 Å². The second-order valence-electron chi connectivity index (χ2n) is 3.82. The summed E-state index contributed by atoms with van der Waals surface area (Å²) in [5.74, 6) is 0.594. The SMILES string of the molecule is COc1cc(CNc2nc(Cl)ccc2[N+](=O)[O-])ccn1. The average Bonchev–Trinajstić information content (AvgIpc) is 2.45. The number of hydrogen-bond donors (Lipinski definition) is 1. The van der Waals surface area contributed by atoms with Crippen LogP contribution in [0.3, 0.4) is 0 Å². The van der Waals surface area contributed by atoms with Crippen molar-refractivity contribution in [2.24, 2.45) is 0 Å². The van der Waals surface area contributed by atoms with Gasteiger partial charge < -0.3 is 10.1 Å². The van der Waals surface area contributed by atoms with Gasteiger partial charge >= 0.3 is 5.69 Å². The number of nitrogens with zero attached hydrogens (tertiary/aromatic N) is 3. The molecule has 8 heteroatoms. The summed E-state index contributed by atoms with van der Waals surface area (Å²) >= 11 is 5.75. The lowest BCUT2D eigenvalue weighted by molar-refractivity contribution is -0.384. The van der Waals surface area contributed by atoms with Gasteiger partial charge in [-0.25, -0.2) is 9.97 Å². The first-order chi connectivity index (χ1) is 9.60. The Labute approximate surface area is 119 Å². The zero-order valence-corrected chi connectivity index (χ0v) is 11.3. The van der Waals surface area contributed by atoms with E-state index < -0.39 is 4.92 Å². The van der Waals surface area contributed by atoms with E-state index in [9.17, 15) is 10.1 Å². The summed E-state index contributed by atoms with van der Waals surface area (Å²) in [6, 6.07) is 6.18. The van der Waals surface area contributed by atoms with E-state index in [1.165, 1.54) is 19.2 Å². The number of anilines is 1. The third kappa shape index (κ3) is 3.33.